The molecule has 0 bridgehead atoms. The summed E-state index contributed by atoms with van der Waals surface area (Å²) in [6.45, 7) is 4.96. The Morgan fingerprint density at radius 1 is 1.03 bits per heavy atom. The number of fused-ring (bicyclic) bond motifs is 1. The fourth-order valence-electron chi connectivity index (χ4n) is 4.53. The van der Waals surface area contributed by atoms with E-state index in [4.69, 9.17) is 15.2 Å². The van der Waals surface area contributed by atoms with Crippen LogP contribution in [0.2, 0.25) is 0 Å². The number of carbonyl (C=O) groups excluding carboxylic acids is 1. The van der Waals surface area contributed by atoms with E-state index in [0.29, 0.717) is 30.2 Å². The molecule has 6 nitrogen and oxygen atoms in total. The van der Waals surface area contributed by atoms with Crippen molar-refractivity contribution in [1.29, 1.82) is 0 Å². The van der Waals surface area contributed by atoms with Crippen LogP contribution < -0.4 is 15.4 Å². The second-order valence-corrected chi connectivity index (χ2v) is 8.45. The number of aryl methyl sites for hydroxylation is 1. The fourth-order valence-corrected chi connectivity index (χ4v) is 4.53. The lowest BCUT2D eigenvalue weighted by Gasteiger charge is -2.29. The summed E-state index contributed by atoms with van der Waals surface area (Å²) in [4.78, 5) is 20.3. The average Bonchev–Trinajstić information content (AvgIpc) is 2.88. The highest BCUT2D eigenvalue weighted by Gasteiger charge is 2.19. The molecule has 6 heteroatoms. The molecule has 1 aliphatic rings. The minimum atomic E-state index is -0.0223. The van der Waals surface area contributed by atoms with E-state index in [1.807, 2.05) is 49.4 Å². The number of morpholine rings is 1. The van der Waals surface area contributed by atoms with E-state index in [1.165, 1.54) is 0 Å². The Morgan fingerprint density at radius 2 is 1.79 bits per heavy atom. The van der Waals surface area contributed by atoms with Gasteiger partial charge in [0.05, 0.1) is 31.5 Å². The molecule has 1 saturated heterocycles. The van der Waals surface area contributed by atoms with Crippen LogP contribution in [0.3, 0.4) is 0 Å². The van der Waals surface area contributed by atoms with E-state index in [1.54, 1.807) is 19.2 Å². The second-order valence-electron chi connectivity index (χ2n) is 8.45. The zero-order chi connectivity index (χ0) is 23.7. The predicted octanol–water partition coefficient (Wildman–Crippen LogP) is 4.87. The fraction of sp³-hybridized carbons (Fsp3) is 0.214. The summed E-state index contributed by atoms with van der Waals surface area (Å²) in [6, 6.07) is 21.2. The molecule has 1 fully saturated rings. The molecule has 0 amide bonds. The molecule has 0 atom stereocenters. The van der Waals surface area contributed by atoms with Gasteiger partial charge in [0.25, 0.3) is 0 Å². The van der Waals surface area contributed by atoms with Crippen LogP contribution in [0.15, 0.2) is 66.7 Å². The molecule has 2 heterocycles. The molecule has 172 valence electrons. The van der Waals surface area contributed by atoms with Gasteiger partial charge in [0.1, 0.15) is 11.6 Å². The van der Waals surface area contributed by atoms with Crippen molar-refractivity contribution in [2.75, 3.05) is 44.0 Å². The first kappa shape index (κ1) is 21.9. The number of nitrogen functional groups attached to an aromatic ring is 1. The Morgan fingerprint density at radius 3 is 2.53 bits per heavy atom. The molecule has 34 heavy (non-hydrogen) atoms. The first-order valence-corrected chi connectivity index (χ1v) is 11.4. The minimum Gasteiger partial charge on any atom is -0.497 e. The highest BCUT2D eigenvalue weighted by atomic mass is 16.5. The van der Waals surface area contributed by atoms with Gasteiger partial charge in [-0.1, -0.05) is 24.3 Å². The lowest BCUT2D eigenvalue weighted by Crippen LogP contribution is -2.36. The van der Waals surface area contributed by atoms with Crippen LogP contribution in [0.5, 0.6) is 5.75 Å². The van der Waals surface area contributed by atoms with E-state index >= 15 is 0 Å². The number of ketones is 1. The molecule has 0 saturated carbocycles. The third-order valence-electron chi connectivity index (χ3n) is 6.33. The van der Waals surface area contributed by atoms with Crippen molar-refractivity contribution in [2.45, 2.75) is 6.92 Å². The van der Waals surface area contributed by atoms with Crippen molar-refractivity contribution in [1.82, 2.24) is 4.98 Å². The number of benzene rings is 3. The van der Waals surface area contributed by atoms with Gasteiger partial charge in [0, 0.05) is 29.6 Å². The number of hydrogen-bond donors (Lipinski definition) is 1. The molecule has 5 rings (SSSR count). The number of hydrogen-bond acceptors (Lipinski definition) is 6. The van der Waals surface area contributed by atoms with Crippen LogP contribution in [0.25, 0.3) is 22.0 Å². The number of carbonyl (C=O) groups is 1. The van der Waals surface area contributed by atoms with Crippen molar-refractivity contribution in [3.8, 4) is 16.9 Å². The Labute approximate surface area is 198 Å². The number of ether oxygens (including phenoxy) is 2. The van der Waals surface area contributed by atoms with Crippen molar-refractivity contribution in [2.24, 2.45) is 0 Å². The summed E-state index contributed by atoms with van der Waals surface area (Å²) in [7, 11) is 1.61. The molecule has 0 aliphatic carbocycles. The molecule has 3 aromatic carbocycles. The first-order chi connectivity index (χ1) is 16.5. The Hall–Kier alpha value is -3.90. The molecular weight excluding hydrogens is 426 g/mol. The highest BCUT2D eigenvalue weighted by Crippen LogP contribution is 2.34. The minimum absolute atomic E-state index is 0.0223. The number of anilines is 2. The molecule has 1 aromatic heterocycles. The van der Waals surface area contributed by atoms with Crippen LogP contribution in [0, 0.1) is 6.92 Å². The summed E-state index contributed by atoms with van der Waals surface area (Å²) >= 11 is 0. The smallest absolute Gasteiger partial charge is 0.193 e. The van der Waals surface area contributed by atoms with Crippen LogP contribution in [0.4, 0.5) is 11.5 Å². The SMILES string of the molecule is COc1ccc(C(=O)c2cccc(C)c2-c2ccc3nc(N)c(N4CCOCC4)cc3c2)cc1. The molecule has 2 N–H and O–H groups in total. The molecule has 1 aliphatic heterocycles. The Kier molecular flexibility index (Phi) is 5.90. The maximum Gasteiger partial charge on any atom is 0.193 e. The van der Waals surface area contributed by atoms with E-state index in [-0.39, 0.29) is 5.78 Å². The molecule has 0 spiro atoms. The van der Waals surface area contributed by atoms with E-state index in [2.05, 4.69) is 22.0 Å². The third-order valence-corrected chi connectivity index (χ3v) is 6.33. The second kappa shape index (κ2) is 9.15. The predicted molar refractivity (Wildman–Crippen MR) is 136 cm³/mol. The monoisotopic (exact) mass is 453 g/mol. The van der Waals surface area contributed by atoms with Crippen LogP contribution >= 0.6 is 0 Å². The van der Waals surface area contributed by atoms with Gasteiger partial charge in [-0.3, -0.25) is 4.79 Å². The molecule has 0 unspecified atom stereocenters. The number of nitrogens with two attached hydrogens (primary N) is 1. The van der Waals surface area contributed by atoms with Gasteiger partial charge in [-0.25, -0.2) is 4.98 Å². The first-order valence-electron chi connectivity index (χ1n) is 11.4. The zero-order valence-electron chi connectivity index (χ0n) is 19.4. The summed E-state index contributed by atoms with van der Waals surface area (Å²) in [5.41, 5.74) is 12.3. The standard InChI is InChI=1S/C28H27N3O3/c1-18-4-3-5-23(27(32)19-6-9-22(33-2)10-7-19)26(18)20-8-11-24-21(16-20)17-25(28(29)30-24)31-12-14-34-15-13-31/h3-11,16-17H,12-15H2,1-2H3,(H2,29,30). The zero-order valence-corrected chi connectivity index (χ0v) is 19.4. The lowest BCUT2D eigenvalue weighted by atomic mass is 9.90. The highest BCUT2D eigenvalue weighted by molar-refractivity contribution is 6.13. The quantitative estimate of drug-likeness (QED) is 0.435. The van der Waals surface area contributed by atoms with Gasteiger partial charge in [0.2, 0.25) is 0 Å². The van der Waals surface area contributed by atoms with Gasteiger partial charge in [-0.2, -0.15) is 0 Å². The van der Waals surface area contributed by atoms with E-state index in [9.17, 15) is 4.79 Å². The van der Waals surface area contributed by atoms with Crippen LogP contribution in [-0.2, 0) is 4.74 Å². The van der Waals surface area contributed by atoms with Gasteiger partial charge in [0.15, 0.2) is 5.78 Å². The molecular formula is C28H27N3O3. The van der Waals surface area contributed by atoms with Crippen LogP contribution in [-0.4, -0.2) is 44.2 Å². The largest absolute Gasteiger partial charge is 0.497 e. The number of nitrogens with zero attached hydrogens (tertiary/aromatic N) is 2. The molecule has 4 aromatic rings. The third kappa shape index (κ3) is 4.08. The summed E-state index contributed by atoms with van der Waals surface area (Å²) in [5.74, 6) is 1.22. The number of aromatic nitrogens is 1. The topological polar surface area (TPSA) is 77.7 Å². The van der Waals surface area contributed by atoms with Gasteiger partial charge >= 0.3 is 0 Å². The van der Waals surface area contributed by atoms with Crippen molar-refractivity contribution in [3.05, 3.63) is 83.4 Å². The van der Waals surface area contributed by atoms with Gasteiger partial charge in [-0.05, 0) is 66.1 Å². The summed E-state index contributed by atoms with van der Waals surface area (Å²) in [6.07, 6.45) is 0. The van der Waals surface area contributed by atoms with E-state index < -0.39 is 0 Å². The van der Waals surface area contributed by atoms with Crippen molar-refractivity contribution >= 4 is 28.2 Å². The molecule has 0 radical (unpaired) electrons. The summed E-state index contributed by atoms with van der Waals surface area (Å²) < 4.78 is 10.7. The maximum absolute atomic E-state index is 13.5. The average molecular weight is 454 g/mol. The van der Waals surface area contributed by atoms with Gasteiger partial charge in [-0.15, -0.1) is 0 Å². The van der Waals surface area contributed by atoms with Crippen LogP contribution in [0.1, 0.15) is 21.5 Å². The van der Waals surface area contributed by atoms with Crippen molar-refractivity contribution in [3.63, 3.8) is 0 Å². The van der Waals surface area contributed by atoms with E-state index in [0.717, 1.165) is 52.1 Å². The number of methoxy groups -OCH3 is 1. The Balaban J connectivity index is 1.59. The van der Waals surface area contributed by atoms with Gasteiger partial charge < -0.3 is 20.1 Å². The lowest BCUT2D eigenvalue weighted by molar-refractivity contribution is 0.103. The summed E-state index contributed by atoms with van der Waals surface area (Å²) in [5, 5.41) is 0.985. The normalized spacial score (nSPS) is 13.8. The number of pyridine rings is 1. The Bertz CT molecular complexity index is 1360. The maximum atomic E-state index is 13.5. The van der Waals surface area contributed by atoms with Crippen molar-refractivity contribution < 1.29 is 14.3 Å². The number of rotatable bonds is 5.